The fourth-order valence-electron chi connectivity index (χ4n) is 4.48. The number of nitrogens with zero attached hydrogens (tertiary/aromatic N) is 2. The fourth-order valence-corrected chi connectivity index (χ4v) is 4.48. The zero-order chi connectivity index (χ0) is 28.2. The maximum atomic E-state index is 13.5. The molecule has 2 saturated heterocycles. The van der Waals surface area contributed by atoms with Gasteiger partial charge < -0.3 is 48.5 Å². The van der Waals surface area contributed by atoms with Crippen LogP contribution in [0.15, 0.2) is 4.99 Å². The molecule has 0 saturated carbocycles. The van der Waals surface area contributed by atoms with Crippen LogP contribution in [-0.4, -0.2) is 102 Å². The highest BCUT2D eigenvalue weighted by Crippen LogP contribution is 2.20. The van der Waals surface area contributed by atoms with Gasteiger partial charge in [-0.15, -0.1) is 0 Å². The molecule has 2 rings (SSSR count). The number of carbonyl (C=O) groups excluding carboxylic acids is 5. The molecular weight excluding hydrogens is 498 g/mol. The third kappa shape index (κ3) is 9.13. The number of guanidine groups is 1. The third-order valence-corrected chi connectivity index (χ3v) is 6.48. The van der Waals surface area contributed by atoms with Gasteiger partial charge in [0.2, 0.25) is 29.5 Å². The Morgan fingerprint density at radius 2 is 1.68 bits per heavy atom. The van der Waals surface area contributed by atoms with E-state index in [4.69, 9.17) is 17.2 Å². The molecule has 2 heterocycles. The van der Waals surface area contributed by atoms with E-state index < -0.39 is 66.4 Å². The van der Waals surface area contributed by atoms with Crippen molar-refractivity contribution < 1.29 is 29.1 Å². The van der Waals surface area contributed by atoms with Gasteiger partial charge in [0.1, 0.15) is 24.2 Å². The smallest absolute Gasteiger partial charge is 0.245 e. The van der Waals surface area contributed by atoms with Gasteiger partial charge in [-0.25, -0.2) is 0 Å². The molecule has 5 atom stereocenters. The van der Waals surface area contributed by atoms with E-state index in [1.807, 2.05) is 0 Å². The van der Waals surface area contributed by atoms with E-state index >= 15 is 0 Å². The summed E-state index contributed by atoms with van der Waals surface area (Å²) in [5, 5.41) is 20.4. The van der Waals surface area contributed by atoms with Crippen molar-refractivity contribution in [1.82, 2.24) is 26.2 Å². The molecule has 214 valence electrons. The van der Waals surface area contributed by atoms with Crippen molar-refractivity contribution in [3.05, 3.63) is 0 Å². The van der Waals surface area contributed by atoms with Gasteiger partial charge in [0.15, 0.2) is 5.96 Å². The van der Waals surface area contributed by atoms with E-state index in [0.717, 1.165) is 0 Å². The average molecular weight is 540 g/mol. The van der Waals surface area contributed by atoms with Crippen molar-refractivity contribution in [2.75, 3.05) is 26.2 Å². The molecule has 0 aromatic carbocycles. The van der Waals surface area contributed by atoms with Crippen molar-refractivity contribution >= 4 is 35.5 Å². The van der Waals surface area contributed by atoms with Crippen molar-refractivity contribution in [2.24, 2.45) is 22.2 Å². The number of rotatable bonds is 9. The lowest BCUT2D eigenvalue weighted by Crippen LogP contribution is -2.59. The van der Waals surface area contributed by atoms with Crippen LogP contribution in [0.25, 0.3) is 0 Å². The number of nitrogens with two attached hydrogens (primary N) is 3. The summed E-state index contributed by atoms with van der Waals surface area (Å²) in [7, 11) is 0. The number of nitrogens with one attached hydrogen (secondary N) is 4. The molecule has 0 radical (unpaired) electrons. The number of aliphatic hydroxyl groups is 1. The maximum absolute atomic E-state index is 13.5. The van der Waals surface area contributed by atoms with Crippen LogP contribution in [0.5, 0.6) is 0 Å². The van der Waals surface area contributed by atoms with Crippen LogP contribution >= 0.6 is 0 Å². The summed E-state index contributed by atoms with van der Waals surface area (Å²) in [6.45, 7) is 1.77. The molecular formula is C23H41N9O6. The molecule has 15 nitrogen and oxygen atoms in total. The van der Waals surface area contributed by atoms with Gasteiger partial charge >= 0.3 is 0 Å². The summed E-state index contributed by atoms with van der Waals surface area (Å²) in [5.41, 5.74) is 16.3. The highest BCUT2D eigenvalue weighted by Gasteiger charge is 2.40. The quantitative estimate of drug-likeness (QED) is 0.0809. The zero-order valence-corrected chi connectivity index (χ0v) is 21.8. The maximum Gasteiger partial charge on any atom is 0.245 e. The van der Waals surface area contributed by atoms with Crippen LogP contribution in [0, 0.1) is 0 Å². The van der Waals surface area contributed by atoms with E-state index in [9.17, 15) is 29.1 Å². The Bertz CT molecular complexity index is 893. The first kappa shape index (κ1) is 30.8. The Morgan fingerprint density at radius 1 is 1.00 bits per heavy atom. The van der Waals surface area contributed by atoms with E-state index in [1.165, 1.54) is 11.8 Å². The monoisotopic (exact) mass is 539 g/mol. The molecule has 0 aromatic heterocycles. The first-order valence-electron chi connectivity index (χ1n) is 13.0. The van der Waals surface area contributed by atoms with Crippen LogP contribution in [-0.2, 0) is 24.0 Å². The summed E-state index contributed by atoms with van der Waals surface area (Å²) < 4.78 is 0. The van der Waals surface area contributed by atoms with Gasteiger partial charge in [-0.1, -0.05) is 0 Å². The van der Waals surface area contributed by atoms with Crippen LogP contribution in [0.3, 0.4) is 0 Å². The molecule has 0 bridgehead atoms. The van der Waals surface area contributed by atoms with Crippen molar-refractivity contribution in [3.63, 3.8) is 0 Å². The summed E-state index contributed by atoms with van der Waals surface area (Å²) in [5.74, 6) is -3.17. The van der Waals surface area contributed by atoms with Crippen LogP contribution < -0.4 is 38.5 Å². The lowest BCUT2D eigenvalue weighted by atomic mass is 10.0. The van der Waals surface area contributed by atoms with Gasteiger partial charge in [0.25, 0.3) is 0 Å². The third-order valence-electron chi connectivity index (χ3n) is 6.48. The Balaban J connectivity index is 2.35. The van der Waals surface area contributed by atoms with Crippen molar-refractivity contribution in [3.8, 4) is 0 Å². The number of aliphatic imine (C=N–C) groups is 1. The van der Waals surface area contributed by atoms with Crippen molar-refractivity contribution in [1.29, 1.82) is 0 Å². The van der Waals surface area contributed by atoms with Gasteiger partial charge in [-0.3, -0.25) is 29.0 Å². The van der Waals surface area contributed by atoms with Gasteiger partial charge in [-0.05, 0) is 58.4 Å². The topological polar surface area (TPSA) is 247 Å². The zero-order valence-electron chi connectivity index (χ0n) is 21.8. The largest absolute Gasteiger partial charge is 0.391 e. The highest BCUT2D eigenvalue weighted by atomic mass is 16.3. The normalized spacial score (nSPS) is 26.2. The molecule has 0 spiro atoms. The molecule has 0 unspecified atom stereocenters. The Kier molecular flexibility index (Phi) is 12.2. The minimum Gasteiger partial charge on any atom is -0.391 e. The second-order valence-corrected chi connectivity index (χ2v) is 9.55. The predicted octanol–water partition coefficient (Wildman–Crippen LogP) is -3.88. The molecule has 38 heavy (non-hydrogen) atoms. The Hall–Kier alpha value is -3.46. The molecule has 2 aliphatic heterocycles. The van der Waals surface area contributed by atoms with Gasteiger partial charge in [0, 0.05) is 13.1 Å². The number of aliphatic hydroxyl groups excluding tert-OH is 1. The second-order valence-electron chi connectivity index (χ2n) is 9.55. The summed E-state index contributed by atoms with van der Waals surface area (Å²) in [4.78, 5) is 70.5. The summed E-state index contributed by atoms with van der Waals surface area (Å²) >= 11 is 0. The average Bonchev–Trinajstić information content (AvgIpc) is 3.35. The van der Waals surface area contributed by atoms with E-state index in [1.54, 1.807) is 0 Å². The number of hydrogen-bond acceptors (Lipinski definition) is 8. The molecule has 5 amide bonds. The first-order valence-corrected chi connectivity index (χ1v) is 13.0. The first-order chi connectivity index (χ1) is 18.0. The van der Waals surface area contributed by atoms with Crippen LogP contribution in [0.4, 0.5) is 0 Å². The number of hydrogen-bond donors (Lipinski definition) is 8. The van der Waals surface area contributed by atoms with E-state index in [2.05, 4.69) is 26.3 Å². The van der Waals surface area contributed by atoms with E-state index in [-0.39, 0.29) is 25.3 Å². The molecule has 15 heteroatoms. The number of fused-ring (bicyclic) bond motifs is 1. The summed E-state index contributed by atoms with van der Waals surface area (Å²) in [6, 6.07) is -4.19. The van der Waals surface area contributed by atoms with Crippen LogP contribution in [0.2, 0.25) is 0 Å². The van der Waals surface area contributed by atoms with E-state index in [0.29, 0.717) is 45.2 Å². The van der Waals surface area contributed by atoms with Crippen molar-refractivity contribution in [2.45, 2.75) is 82.1 Å². The van der Waals surface area contributed by atoms with Gasteiger partial charge in [-0.2, -0.15) is 0 Å². The standard InChI is InChI=1S/C23H41N9O6/c1-13(33)18-21(37)30-15(6-2-3-9-24)22(38)32-11-5-8-16(32)20(36)29-14(7-4-10-27-23(25)26)19(35)28-12-17(34)31-18/h13-16,18,33H,2-12,24H2,1H3,(H,28,35)(H,29,36)(H,30,37)(H,31,34)(H4,25,26,27)/t13-,14+,15+,16+,18+/m1/s1. The number of amides is 5. The molecule has 0 aromatic rings. The Labute approximate surface area is 221 Å². The fraction of sp³-hybridized carbons (Fsp3) is 0.739. The molecule has 11 N–H and O–H groups in total. The highest BCUT2D eigenvalue weighted by molar-refractivity contribution is 5.97. The molecule has 2 fully saturated rings. The molecule has 0 aliphatic carbocycles. The Morgan fingerprint density at radius 3 is 2.34 bits per heavy atom. The lowest BCUT2D eigenvalue weighted by Gasteiger charge is -2.30. The number of unbranched alkanes of at least 4 members (excludes halogenated alkanes) is 1. The molecule has 2 aliphatic rings. The summed E-state index contributed by atoms with van der Waals surface area (Å²) in [6.07, 6.45) is 1.64. The lowest BCUT2D eigenvalue weighted by molar-refractivity contribution is -0.142. The number of carbonyl (C=O) groups is 5. The SMILES string of the molecule is C[C@@H](O)[C@@H]1NC(=O)CNC(=O)[C@H](CCCN=C(N)N)NC(=O)[C@@H]2CCCN2C(=O)[C@H](CCCCN)NC1=O. The minimum atomic E-state index is -1.36. The van der Waals surface area contributed by atoms with Gasteiger partial charge in [0.05, 0.1) is 12.6 Å². The predicted molar refractivity (Wildman–Crippen MR) is 138 cm³/mol. The minimum absolute atomic E-state index is 0.103. The van der Waals surface area contributed by atoms with Crippen LogP contribution in [0.1, 0.15) is 51.9 Å². The second kappa shape index (κ2) is 15.1.